The molecule has 0 aromatic carbocycles. The molecule has 0 saturated heterocycles. The number of pyridine rings is 1. The smallest absolute Gasteiger partial charge is 0.394 e. The predicted molar refractivity (Wildman–Crippen MR) is 115 cm³/mol. The molecule has 0 unspecified atom stereocenters. The van der Waals surface area contributed by atoms with Crippen molar-refractivity contribution in [1.29, 1.82) is 0 Å². The second-order valence-corrected chi connectivity index (χ2v) is 8.97. The number of rotatable bonds is 8. The molecule has 8 nitrogen and oxygen atoms in total. The monoisotopic (exact) mass is 500 g/mol. The number of nitrogens with zero attached hydrogens (tertiary/aromatic N) is 5. The third-order valence-electron chi connectivity index (χ3n) is 5.39. The van der Waals surface area contributed by atoms with Gasteiger partial charge in [-0.15, -0.1) is 5.10 Å². The normalized spacial score (nSPS) is 14.8. The van der Waals surface area contributed by atoms with E-state index in [1.54, 1.807) is 30.2 Å². The molecule has 0 bridgehead atoms. The lowest BCUT2D eigenvalue weighted by atomic mass is 10.0. The van der Waals surface area contributed by atoms with Gasteiger partial charge in [-0.3, -0.25) is 14.2 Å². The lowest BCUT2D eigenvalue weighted by Gasteiger charge is -2.18. The summed E-state index contributed by atoms with van der Waals surface area (Å²) in [4.78, 5) is 17.5. The number of ether oxygens (including phenoxy) is 1. The highest BCUT2D eigenvalue weighted by Gasteiger charge is 2.62. The van der Waals surface area contributed by atoms with E-state index in [9.17, 15) is 18.0 Å². The third-order valence-corrected chi connectivity index (χ3v) is 6.58. The molecule has 3 heterocycles. The van der Waals surface area contributed by atoms with Gasteiger partial charge in [0.2, 0.25) is 5.88 Å². The molecule has 0 spiro atoms. The van der Waals surface area contributed by atoms with Crippen molar-refractivity contribution in [2.75, 3.05) is 6.61 Å². The molecule has 4 rings (SSSR count). The summed E-state index contributed by atoms with van der Waals surface area (Å²) in [5, 5.41) is 8.35. The van der Waals surface area contributed by atoms with Crippen molar-refractivity contribution >= 4 is 29.5 Å². The average molecular weight is 501 g/mol. The van der Waals surface area contributed by atoms with Crippen molar-refractivity contribution < 1.29 is 22.7 Å². The second kappa shape index (κ2) is 8.90. The first-order chi connectivity index (χ1) is 15.6. The van der Waals surface area contributed by atoms with Crippen LogP contribution in [0.1, 0.15) is 35.3 Å². The van der Waals surface area contributed by atoms with E-state index in [1.807, 2.05) is 6.92 Å². The second-order valence-electron chi connectivity index (χ2n) is 7.77. The van der Waals surface area contributed by atoms with Crippen LogP contribution in [0.25, 0.3) is 5.82 Å². The molecule has 1 aliphatic carbocycles. The molecule has 1 saturated carbocycles. The molecular weight excluding hydrogens is 481 g/mol. The van der Waals surface area contributed by atoms with Gasteiger partial charge in [-0.1, -0.05) is 11.6 Å². The van der Waals surface area contributed by atoms with Gasteiger partial charge in [0, 0.05) is 25.5 Å². The molecular formula is C20H20ClF3N6O2S. The van der Waals surface area contributed by atoms with Gasteiger partial charge >= 0.3 is 6.18 Å². The fourth-order valence-electron chi connectivity index (χ4n) is 3.24. The zero-order valence-electron chi connectivity index (χ0n) is 17.7. The lowest BCUT2D eigenvalue weighted by molar-refractivity contribution is -0.190. The Balaban J connectivity index is 1.35. The number of carbonyl (C=O) groups excluding carboxylic acids is 1. The summed E-state index contributed by atoms with van der Waals surface area (Å²) in [5.74, 6) is 0.0857. The first-order valence-corrected chi connectivity index (χ1v) is 11.2. The van der Waals surface area contributed by atoms with E-state index >= 15 is 0 Å². The molecule has 1 fully saturated rings. The number of nitrogens with one attached hydrogen (secondary N) is 1. The van der Waals surface area contributed by atoms with Gasteiger partial charge in [-0.05, 0) is 50.3 Å². The highest BCUT2D eigenvalue weighted by Crippen LogP contribution is 2.59. The van der Waals surface area contributed by atoms with Crippen molar-refractivity contribution in [3.05, 3.63) is 47.0 Å². The number of aromatic nitrogens is 5. The van der Waals surface area contributed by atoms with E-state index in [0.717, 1.165) is 22.5 Å². The largest absolute Gasteiger partial charge is 0.477 e. The Morgan fingerprint density at radius 2 is 2.06 bits per heavy atom. The summed E-state index contributed by atoms with van der Waals surface area (Å²) in [6.07, 6.45) is -0.707. The van der Waals surface area contributed by atoms with E-state index in [2.05, 4.69) is 19.9 Å². The number of aryl methyl sites for hydroxylation is 2. The Kier molecular flexibility index (Phi) is 6.32. The number of hydrogen-bond donors (Lipinski definition) is 1. The number of alkyl halides is 3. The summed E-state index contributed by atoms with van der Waals surface area (Å²) >= 11 is 7.33. The minimum Gasteiger partial charge on any atom is -0.477 e. The van der Waals surface area contributed by atoms with Crippen LogP contribution in [0.15, 0.2) is 35.5 Å². The quantitative estimate of drug-likeness (QED) is 0.362. The van der Waals surface area contributed by atoms with Crippen molar-refractivity contribution in [2.45, 2.75) is 37.3 Å². The predicted octanol–water partition coefficient (Wildman–Crippen LogP) is 4.51. The van der Waals surface area contributed by atoms with Gasteiger partial charge in [0.25, 0.3) is 5.91 Å². The van der Waals surface area contributed by atoms with E-state index in [4.69, 9.17) is 16.3 Å². The topological polar surface area (TPSA) is 86.9 Å². The van der Waals surface area contributed by atoms with Gasteiger partial charge in [0.1, 0.15) is 5.15 Å². The molecule has 33 heavy (non-hydrogen) atoms. The van der Waals surface area contributed by atoms with Crippen LogP contribution in [-0.4, -0.2) is 43.2 Å². The van der Waals surface area contributed by atoms with Crippen molar-refractivity contribution in [3.8, 4) is 11.7 Å². The first-order valence-electron chi connectivity index (χ1n) is 9.97. The van der Waals surface area contributed by atoms with Crippen LogP contribution in [0.2, 0.25) is 5.15 Å². The summed E-state index contributed by atoms with van der Waals surface area (Å²) in [7, 11) is 1.79. The molecule has 0 atom stereocenters. The summed E-state index contributed by atoms with van der Waals surface area (Å²) in [5.41, 5.74) is -0.653. The standard InChI is InChI=1S/C20H20ClF3N6O2S/c1-12-14(11-29(2)26-12)33-28-18(31)13-3-4-15(25-17(13)21)30-9-5-16(27-30)32-10-8-19(6-7-19)20(22,23)24/h3-5,9,11H,6-8,10H2,1-2H3,(H,28,31). The van der Waals surface area contributed by atoms with Crippen LogP contribution >= 0.6 is 23.5 Å². The number of halogens is 4. The molecule has 1 aliphatic rings. The molecule has 1 N–H and O–H groups in total. The molecule has 3 aromatic heterocycles. The summed E-state index contributed by atoms with van der Waals surface area (Å²) < 4.78 is 50.1. The van der Waals surface area contributed by atoms with Gasteiger partial charge < -0.3 is 4.74 Å². The number of carbonyl (C=O) groups is 1. The van der Waals surface area contributed by atoms with Crippen LogP contribution in [-0.2, 0) is 7.05 Å². The van der Waals surface area contributed by atoms with Crippen molar-refractivity contribution in [3.63, 3.8) is 0 Å². The fourth-order valence-corrected chi connectivity index (χ4v) is 4.19. The highest BCUT2D eigenvalue weighted by molar-refractivity contribution is 7.98. The Bertz CT molecular complexity index is 1180. The Hall–Kier alpha value is -2.73. The van der Waals surface area contributed by atoms with Crippen molar-refractivity contribution in [1.82, 2.24) is 29.3 Å². The summed E-state index contributed by atoms with van der Waals surface area (Å²) in [6, 6.07) is 4.59. The first kappa shape index (κ1) is 23.4. The van der Waals surface area contributed by atoms with Gasteiger partial charge in [-0.25, -0.2) is 9.67 Å². The maximum absolute atomic E-state index is 13.0. The van der Waals surface area contributed by atoms with Gasteiger partial charge in [0.15, 0.2) is 5.82 Å². The molecule has 13 heteroatoms. The Morgan fingerprint density at radius 1 is 1.30 bits per heavy atom. The minimum atomic E-state index is -4.21. The van der Waals surface area contributed by atoms with E-state index in [1.165, 1.54) is 16.8 Å². The molecule has 0 aliphatic heterocycles. The third kappa shape index (κ3) is 5.11. The van der Waals surface area contributed by atoms with Crippen LogP contribution < -0.4 is 9.46 Å². The minimum absolute atomic E-state index is 0.0210. The van der Waals surface area contributed by atoms with Crippen LogP contribution in [0.4, 0.5) is 13.2 Å². The van der Waals surface area contributed by atoms with Gasteiger partial charge in [-0.2, -0.15) is 18.3 Å². The van der Waals surface area contributed by atoms with Gasteiger partial charge in [0.05, 0.1) is 28.2 Å². The van der Waals surface area contributed by atoms with E-state index < -0.39 is 17.5 Å². The maximum Gasteiger partial charge on any atom is 0.394 e. The fraction of sp³-hybridized carbons (Fsp3) is 0.400. The maximum atomic E-state index is 13.0. The van der Waals surface area contributed by atoms with Crippen LogP contribution in [0.3, 0.4) is 0 Å². The molecule has 0 radical (unpaired) electrons. The molecule has 1 amide bonds. The number of hydrogen-bond acceptors (Lipinski definition) is 6. The average Bonchev–Trinajstić information content (AvgIpc) is 3.28. The molecule has 3 aromatic rings. The number of amides is 1. The SMILES string of the molecule is Cc1nn(C)cc1SNC(=O)c1ccc(-n2ccc(OCCC3(C(F)(F)F)CC3)n2)nc1Cl. The highest BCUT2D eigenvalue weighted by atomic mass is 35.5. The Labute approximate surface area is 196 Å². The van der Waals surface area contributed by atoms with Crippen LogP contribution in [0.5, 0.6) is 5.88 Å². The lowest BCUT2D eigenvalue weighted by Crippen LogP contribution is -2.26. The van der Waals surface area contributed by atoms with Crippen LogP contribution in [0, 0.1) is 12.3 Å². The zero-order valence-corrected chi connectivity index (χ0v) is 19.3. The van der Waals surface area contributed by atoms with E-state index in [0.29, 0.717) is 5.82 Å². The van der Waals surface area contributed by atoms with Crippen molar-refractivity contribution in [2.24, 2.45) is 12.5 Å². The zero-order chi connectivity index (χ0) is 23.8. The molecule has 176 valence electrons. The summed E-state index contributed by atoms with van der Waals surface area (Å²) in [6.45, 7) is 1.75. The Morgan fingerprint density at radius 3 is 2.67 bits per heavy atom. The van der Waals surface area contributed by atoms with E-state index in [-0.39, 0.29) is 42.5 Å².